The van der Waals surface area contributed by atoms with E-state index in [1.807, 2.05) is 53.0 Å². The van der Waals surface area contributed by atoms with Crippen molar-refractivity contribution in [1.82, 2.24) is 29.6 Å². The van der Waals surface area contributed by atoms with Crippen molar-refractivity contribution >= 4 is 17.7 Å². The molecule has 0 N–H and O–H groups in total. The number of carbonyl (C=O) groups is 1. The predicted molar refractivity (Wildman–Crippen MR) is 116 cm³/mol. The smallest absolute Gasteiger partial charge is 0.233 e. The Hall–Kier alpha value is -2.78. The van der Waals surface area contributed by atoms with Crippen LogP contribution in [0.1, 0.15) is 24.1 Å². The van der Waals surface area contributed by atoms with Gasteiger partial charge in [0.2, 0.25) is 5.91 Å². The number of likely N-dealkylation sites (tertiary alicyclic amines) is 1. The maximum Gasteiger partial charge on any atom is 0.233 e. The quantitative estimate of drug-likeness (QED) is 0.581. The molecule has 0 aliphatic carbocycles. The maximum atomic E-state index is 12.7. The van der Waals surface area contributed by atoms with Gasteiger partial charge >= 0.3 is 0 Å². The van der Waals surface area contributed by atoms with Gasteiger partial charge in [-0.3, -0.25) is 4.79 Å². The second-order valence-corrected chi connectivity index (χ2v) is 8.86. The number of hydrogen-bond acceptors (Lipinski definition) is 7. The third-order valence-electron chi connectivity index (χ3n) is 6.00. The number of nitrogens with zero attached hydrogens (tertiary/aromatic N) is 6. The Morgan fingerprint density at radius 3 is 2.77 bits per heavy atom. The van der Waals surface area contributed by atoms with Crippen LogP contribution < -0.4 is 0 Å². The normalized spacial score (nSPS) is 17.5. The summed E-state index contributed by atoms with van der Waals surface area (Å²) in [6.45, 7) is 1.97. The predicted octanol–water partition coefficient (Wildman–Crippen LogP) is 2.45. The van der Waals surface area contributed by atoms with Crippen molar-refractivity contribution in [2.45, 2.75) is 30.0 Å². The lowest BCUT2D eigenvalue weighted by molar-refractivity contribution is -0.138. The number of fused-ring (bicyclic) bond motifs is 2. The summed E-state index contributed by atoms with van der Waals surface area (Å²) in [7, 11) is 1.88. The first-order valence-corrected chi connectivity index (χ1v) is 11.4. The van der Waals surface area contributed by atoms with Crippen LogP contribution in [0.4, 0.5) is 0 Å². The molecule has 2 aliphatic heterocycles. The van der Waals surface area contributed by atoms with Crippen LogP contribution in [0.15, 0.2) is 48.0 Å². The second-order valence-electron chi connectivity index (χ2n) is 7.92. The van der Waals surface area contributed by atoms with E-state index in [1.165, 1.54) is 11.8 Å². The molecule has 1 saturated heterocycles. The fraction of sp³-hybridized carbons (Fsp3) is 0.409. The van der Waals surface area contributed by atoms with E-state index in [0.717, 1.165) is 47.1 Å². The molecule has 0 radical (unpaired) electrons. The molecular formula is C22H24N6O2S. The lowest BCUT2D eigenvalue weighted by Gasteiger charge is -2.44. The van der Waals surface area contributed by atoms with Crippen molar-refractivity contribution in [3.05, 3.63) is 54.1 Å². The lowest BCUT2D eigenvalue weighted by atomic mass is 9.83. The summed E-state index contributed by atoms with van der Waals surface area (Å²) in [6, 6.07) is 10.0. The average Bonchev–Trinajstić information content (AvgIpc) is 3.23. The van der Waals surface area contributed by atoms with E-state index in [-0.39, 0.29) is 5.91 Å². The van der Waals surface area contributed by atoms with Crippen molar-refractivity contribution < 1.29 is 9.53 Å². The topological polar surface area (TPSA) is 86.0 Å². The van der Waals surface area contributed by atoms with Gasteiger partial charge in [0.05, 0.1) is 18.1 Å². The molecule has 5 rings (SSSR count). The summed E-state index contributed by atoms with van der Waals surface area (Å²) in [4.78, 5) is 24.2. The van der Waals surface area contributed by atoms with Crippen molar-refractivity contribution in [2.75, 3.05) is 25.4 Å². The molecule has 2 aliphatic rings. The second kappa shape index (κ2) is 8.39. The average molecular weight is 437 g/mol. The molecule has 8 nitrogen and oxygen atoms in total. The highest BCUT2D eigenvalue weighted by molar-refractivity contribution is 7.99. The molecule has 1 spiro atoms. The van der Waals surface area contributed by atoms with E-state index in [4.69, 9.17) is 9.72 Å². The molecule has 0 unspecified atom stereocenters. The highest BCUT2D eigenvalue weighted by atomic mass is 32.2. The molecule has 1 fully saturated rings. The largest absolute Gasteiger partial charge is 0.368 e. The van der Waals surface area contributed by atoms with Gasteiger partial charge in [-0.1, -0.05) is 42.1 Å². The SMILES string of the molecule is Cn1cnnc1SCC(=O)N1CCC2(CC1)OCCc1cnc(-c3ccccc3)nc12. The first-order valence-electron chi connectivity index (χ1n) is 10.4. The lowest BCUT2D eigenvalue weighted by Crippen LogP contribution is -2.49. The number of aryl methyl sites for hydroxylation is 1. The van der Waals surface area contributed by atoms with Gasteiger partial charge in [-0.2, -0.15) is 0 Å². The van der Waals surface area contributed by atoms with E-state index in [1.54, 1.807) is 6.33 Å². The van der Waals surface area contributed by atoms with E-state index >= 15 is 0 Å². The van der Waals surface area contributed by atoms with Crippen molar-refractivity contribution in [1.29, 1.82) is 0 Å². The summed E-state index contributed by atoms with van der Waals surface area (Å²) in [5.74, 6) is 1.20. The summed E-state index contributed by atoms with van der Waals surface area (Å²) in [6.07, 6.45) is 5.89. The molecule has 0 saturated carbocycles. The fourth-order valence-electron chi connectivity index (χ4n) is 4.25. The number of hydrogen-bond donors (Lipinski definition) is 0. The number of piperidine rings is 1. The maximum absolute atomic E-state index is 12.7. The first kappa shape index (κ1) is 20.1. The van der Waals surface area contributed by atoms with Crippen LogP contribution in [-0.4, -0.2) is 61.0 Å². The molecule has 31 heavy (non-hydrogen) atoms. The van der Waals surface area contributed by atoms with E-state index in [9.17, 15) is 4.79 Å². The van der Waals surface area contributed by atoms with Gasteiger partial charge in [0.15, 0.2) is 11.0 Å². The van der Waals surface area contributed by atoms with Gasteiger partial charge in [0.1, 0.15) is 11.9 Å². The summed E-state index contributed by atoms with van der Waals surface area (Å²) >= 11 is 1.42. The number of thioether (sulfide) groups is 1. The Morgan fingerprint density at radius 2 is 2.03 bits per heavy atom. The van der Waals surface area contributed by atoms with Crippen molar-refractivity contribution in [2.24, 2.45) is 7.05 Å². The number of carbonyl (C=O) groups excluding carboxylic acids is 1. The van der Waals surface area contributed by atoms with Crippen LogP contribution >= 0.6 is 11.8 Å². The Labute approximate surface area is 185 Å². The number of aromatic nitrogens is 5. The molecule has 2 aromatic heterocycles. The summed E-state index contributed by atoms with van der Waals surface area (Å²) in [5, 5.41) is 8.64. The number of amides is 1. The zero-order chi connectivity index (χ0) is 21.3. The van der Waals surface area contributed by atoms with Crippen LogP contribution in [0.3, 0.4) is 0 Å². The van der Waals surface area contributed by atoms with Crippen LogP contribution in [-0.2, 0) is 28.6 Å². The molecule has 160 valence electrons. The molecular weight excluding hydrogens is 412 g/mol. The standard InChI is InChI=1S/C22H24N6O2S/c1-27-15-24-26-21(27)31-14-18(29)28-10-8-22(9-11-28)19-17(7-12-30-22)13-23-20(25-19)16-5-3-2-4-6-16/h2-6,13,15H,7-12,14H2,1H3. The highest BCUT2D eigenvalue weighted by Crippen LogP contribution is 2.41. The van der Waals surface area contributed by atoms with Gasteiger partial charge < -0.3 is 14.2 Å². The number of rotatable bonds is 4. The Kier molecular flexibility index (Phi) is 5.45. The Morgan fingerprint density at radius 1 is 1.23 bits per heavy atom. The fourth-order valence-corrected chi connectivity index (χ4v) is 5.05. The number of benzene rings is 1. The molecule has 4 heterocycles. The van der Waals surface area contributed by atoms with Gasteiger partial charge in [-0.15, -0.1) is 10.2 Å². The minimum absolute atomic E-state index is 0.117. The third kappa shape index (κ3) is 3.95. The van der Waals surface area contributed by atoms with E-state index in [0.29, 0.717) is 25.4 Å². The Bertz CT molecular complexity index is 1080. The molecule has 9 heteroatoms. The van der Waals surface area contributed by atoms with Crippen molar-refractivity contribution in [3.63, 3.8) is 0 Å². The monoisotopic (exact) mass is 436 g/mol. The van der Waals surface area contributed by atoms with Crippen LogP contribution in [0.5, 0.6) is 0 Å². The van der Waals surface area contributed by atoms with Gasteiger partial charge in [-0.25, -0.2) is 9.97 Å². The van der Waals surface area contributed by atoms with Crippen molar-refractivity contribution in [3.8, 4) is 11.4 Å². The van der Waals surface area contributed by atoms with Gasteiger partial charge in [-0.05, 0) is 24.8 Å². The minimum atomic E-state index is -0.437. The van der Waals surface area contributed by atoms with E-state index < -0.39 is 5.60 Å². The highest BCUT2D eigenvalue weighted by Gasteiger charge is 2.43. The molecule has 0 bridgehead atoms. The Balaban J connectivity index is 1.30. The number of ether oxygens (including phenoxy) is 1. The first-order chi connectivity index (χ1) is 15.1. The van der Waals surface area contributed by atoms with Crippen LogP contribution in [0.2, 0.25) is 0 Å². The van der Waals surface area contributed by atoms with Gasteiger partial charge in [0.25, 0.3) is 0 Å². The zero-order valence-corrected chi connectivity index (χ0v) is 18.2. The molecule has 0 atom stereocenters. The van der Waals surface area contributed by atoms with Gasteiger partial charge in [0, 0.05) is 31.9 Å². The minimum Gasteiger partial charge on any atom is -0.368 e. The molecule has 1 amide bonds. The molecule has 3 aromatic rings. The molecule has 1 aromatic carbocycles. The van der Waals surface area contributed by atoms with E-state index in [2.05, 4.69) is 15.2 Å². The summed E-state index contributed by atoms with van der Waals surface area (Å²) in [5.41, 5.74) is 2.71. The zero-order valence-electron chi connectivity index (χ0n) is 17.4. The van der Waals surface area contributed by atoms with Crippen LogP contribution in [0, 0.1) is 0 Å². The summed E-state index contributed by atoms with van der Waals surface area (Å²) < 4.78 is 8.15. The third-order valence-corrected chi connectivity index (χ3v) is 7.02. The van der Waals surface area contributed by atoms with Crippen LogP contribution in [0.25, 0.3) is 11.4 Å².